The number of carbonyl (C=O) groups excluding carboxylic acids is 1. The Morgan fingerprint density at radius 2 is 1.94 bits per heavy atom. The van der Waals surface area contributed by atoms with E-state index in [-0.39, 0.29) is 10.8 Å². The molecule has 0 unspecified atom stereocenters. The molecule has 2 rings (SSSR count). The number of hydrogen-bond acceptors (Lipinski definition) is 4. The maximum atomic E-state index is 11.6. The third-order valence-corrected chi connectivity index (χ3v) is 3.74. The van der Waals surface area contributed by atoms with Crippen LogP contribution in [0.5, 0.6) is 0 Å². The summed E-state index contributed by atoms with van der Waals surface area (Å²) in [5.41, 5.74) is 0.569. The molecule has 1 heterocycles. The zero-order valence-corrected chi connectivity index (χ0v) is 10.5. The van der Waals surface area contributed by atoms with Crippen LogP contribution in [0.1, 0.15) is 6.42 Å². The second-order valence-electron chi connectivity index (χ2n) is 4.35. The minimum absolute atomic E-state index is 0.0312. The van der Waals surface area contributed by atoms with Crippen LogP contribution >= 0.6 is 0 Å². The van der Waals surface area contributed by atoms with E-state index in [9.17, 15) is 13.2 Å². The van der Waals surface area contributed by atoms with Gasteiger partial charge in [0.05, 0.1) is 4.90 Å². The van der Waals surface area contributed by atoms with Crippen LogP contribution in [0.3, 0.4) is 0 Å². The van der Waals surface area contributed by atoms with Gasteiger partial charge in [-0.2, -0.15) is 0 Å². The molecule has 0 bridgehead atoms. The van der Waals surface area contributed by atoms with Gasteiger partial charge in [0.1, 0.15) is 0 Å². The lowest BCUT2D eigenvalue weighted by atomic mass is 9.99. The van der Waals surface area contributed by atoms with Gasteiger partial charge in [-0.15, -0.1) is 0 Å². The van der Waals surface area contributed by atoms with Crippen LogP contribution in [-0.4, -0.2) is 27.4 Å². The first-order valence-corrected chi connectivity index (χ1v) is 7.13. The van der Waals surface area contributed by atoms with Crippen molar-refractivity contribution in [3.63, 3.8) is 0 Å². The van der Waals surface area contributed by atoms with Gasteiger partial charge in [0.25, 0.3) is 0 Å². The van der Waals surface area contributed by atoms with Crippen molar-refractivity contribution < 1.29 is 13.2 Å². The number of carbonyl (C=O) groups is 1. The van der Waals surface area contributed by atoms with Crippen molar-refractivity contribution in [2.24, 2.45) is 11.1 Å². The van der Waals surface area contributed by atoms with E-state index in [4.69, 9.17) is 5.14 Å². The molecule has 18 heavy (non-hydrogen) atoms. The van der Waals surface area contributed by atoms with E-state index in [0.717, 1.165) is 13.1 Å². The number of anilines is 1. The molecule has 0 saturated carbocycles. The van der Waals surface area contributed by atoms with Crippen molar-refractivity contribution in [3.05, 3.63) is 24.3 Å². The molecule has 1 aliphatic rings. The molecule has 0 aromatic heterocycles. The lowest BCUT2D eigenvalue weighted by Gasteiger charge is -2.26. The zero-order chi connectivity index (χ0) is 13.2. The maximum Gasteiger partial charge on any atom is 0.238 e. The highest BCUT2D eigenvalue weighted by atomic mass is 32.2. The predicted molar refractivity (Wildman–Crippen MR) is 67.4 cm³/mol. The van der Waals surface area contributed by atoms with Gasteiger partial charge in [-0.05, 0) is 43.3 Å². The molecule has 0 spiro atoms. The molecule has 4 N–H and O–H groups in total. The lowest BCUT2D eigenvalue weighted by molar-refractivity contribution is -0.117. The molecule has 1 aliphatic heterocycles. The number of rotatable bonds is 4. The Morgan fingerprint density at radius 3 is 2.39 bits per heavy atom. The molecule has 6 nitrogen and oxygen atoms in total. The molecule has 0 aliphatic carbocycles. The van der Waals surface area contributed by atoms with E-state index in [0.29, 0.717) is 18.0 Å². The Hall–Kier alpha value is -1.44. The first kappa shape index (κ1) is 13.0. The van der Waals surface area contributed by atoms with Gasteiger partial charge in [0.2, 0.25) is 15.9 Å². The van der Waals surface area contributed by atoms with Gasteiger partial charge in [0, 0.05) is 12.1 Å². The number of benzene rings is 1. The lowest BCUT2D eigenvalue weighted by Crippen LogP contribution is -2.43. The number of sulfonamides is 1. The summed E-state index contributed by atoms with van der Waals surface area (Å²) in [4.78, 5) is 11.6. The summed E-state index contributed by atoms with van der Waals surface area (Å²) in [7, 11) is -3.68. The maximum absolute atomic E-state index is 11.6. The molecule has 1 amide bonds. The Balaban J connectivity index is 1.95. The zero-order valence-electron chi connectivity index (χ0n) is 9.72. The Morgan fingerprint density at radius 1 is 1.33 bits per heavy atom. The van der Waals surface area contributed by atoms with Crippen LogP contribution in [0.15, 0.2) is 29.2 Å². The third-order valence-electron chi connectivity index (χ3n) is 2.81. The van der Waals surface area contributed by atoms with E-state index < -0.39 is 10.0 Å². The summed E-state index contributed by atoms with van der Waals surface area (Å²) in [6.45, 7) is 1.75. The third kappa shape index (κ3) is 3.28. The topological polar surface area (TPSA) is 101 Å². The minimum Gasteiger partial charge on any atom is -0.326 e. The van der Waals surface area contributed by atoms with Crippen LogP contribution in [0.2, 0.25) is 0 Å². The molecule has 0 atom stereocenters. The predicted octanol–water partition coefficient (Wildman–Crippen LogP) is -0.118. The normalized spacial score (nSPS) is 16.1. The molecule has 98 valence electrons. The standard InChI is InChI=1S/C11H15N3O3S/c12-18(16,17)10-3-1-9(2-4-10)14-11(15)5-8-6-13-7-8/h1-4,8,13H,5-7H2,(H,14,15)(H2,12,16,17). The quantitative estimate of drug-likeness (QED) is 0.709. The fourth-order valence-electron chi connectivity index (χ4n) is 1.69. The average molecular weight is 269 g/mol. The Labute approximate surface area is 106 Å². The van der Waals surface area contributed by atoms with E-state index in [1.165, 1.54) is 24.3 Å². The number of hydrogen-bond donors (Lipinski definition) is 3. The highest BCUT2D eigenvalue weighted by Gasteiger charge is 2.20. The van der Waals surface area contributed by atoms with Gasteiger partial charge in [-0.25, -0.2) is 13.6 Å². The van der Waals surface area contributed by atoms with Crippen molar-refractivity contribution in [2.45, 2.75) is 11.3 Å². The van der Waals surface area contributed by atoms with Crippen molar-refractivity contribution in [2.75, 3.05) is 18.4 Å². The number of amides is 1. The van der Waals surface area contributed by atoms with Crippen LogP contribution < -0.4 is 15.8 Å². The van der Waals surface area contributed by atoms with Crippen molar-refractivity contribution in [3.8, 4) is 0 Å². The summed E-state index contributed by atoms with van der Waals surface area (Å²) in [5.74, 6) is 0.332. The van der Waals surface area contributed by atoms with Crippen molar-refractivity contribution in [1.82, 2.24) is 5.32 Å². The van der Waals surface area contributed by atoms with Crippen molar-refractivity contribution >= 4 is 21.6 Å². The Bertz CT molecular complexity index is 535. The van der Waals surface area contributed by atoms with Gasteiger partial charge >= 0.3 is 0 Å². The summed E-state index contributed by atoms with van der Waals surface area (Å²) in [6, 6.07) is 5.79. The molecule has 1 fully saturated rings. The summed E-state index contributed by atoms with van der Waals surface area (Å²) < 4.78 is 22.1. The van der Waals surface area contributed by atoms with Gasteiger partial charge < -0.3 is 10.6 Å². The molecule has 1 aromatic carbocycles. The molecule has 1 aromatic rings. The molecule has 0 radical (unpaired) electrons. The number of primary sulfonamides is 1. The van der Waals surface area contributed by atoms with E-state index in [2.05, 4.69) is 10.6 Å². The summed E-state index contributed by atoms with van der Waals surface area (Å²) in [5, 5.41) is 10.8. The first-order chi connectivity index (χ1) is 8.45. The van der Waals surface area contributed by atoms with Crippen LogP contribution in [0.25, 0.3) is 0 Å². The van der Waals surface area contributed by atoms with E-state index in [1.807, 2.05) is 0 Å². The molecular weight excluding hydrogens is 254 g/mol. The average Bonchev–Trinajstić information content (AvgIpc) is 2.23. The van der Waals surface area contributed by atoms with Gasteiger partial charge in [-0.3, -0.25) is 4.79 Å². The smallest absolute Gasteiger partial charge is 0.238 e. The largest absolute Gasteiger partial charge is 0.326 e. The molecule has 1 saturated heterocycles. The fourth-order valence-corrected chi connectivity index (χ4v) is 2.21. The molecular formula is C11H15N3O3S. The van der Waals surface area contributed by atoms with Gasteiger partial charge in [0.15, 0.2) is 0 Å². The van der Waals surface area contributed by atoms with Crippen molar-refractivity contribution in [1.29, 1.82) is 0 Å². The molecule has 7 heteroatoms. The Kier molecular flexibility index (Phi) is 3.65. The van der Waals surface area contributed by atoms with E-state index >= 15 is 0 Å². The SMILES string of the molecule is NS(=O)(=O)c1ccc(NC(=O)CC2CNC2)cc1. The van der Waals surface area contributed by atoms with Crippen LogP contribution in [0, 0.1) is 5.92 Å². The second kappa shape index (κ2) is 5.05. The summed E-state index contributed by atoms with van der Waals surface area (Å²) >= 11 is 0. The second-order valence-corrected chi connectivity index (χ2v) is 5.91. The minimum atomic E-state index is -3.68. The highest BCUT2D eigenvalue weighted by molar-refractivity contribution is 7.89. The monoisotopic (exact) mass is 269 g/mol. The first-order valence-electron chi connectivity index (χ1n) is 5.58. The van der Waals surface area contributed by atoms with Gasteiger partial charge in [-0.1, -0.05) is 0 Å². The fraction of sp³-hybridized carbons (Fsp3) is 0.364. The van der Waals surface area contributed by atoms with E-state index in [1.54, 1.807) is 0 Å². The van der Waals surface area contributed by atoms with Crippen LogP contribution in [-0.2, 0) is 14.8 Å². The van der Waals surface area contributed by atoms with Crippen LogP contribution in [0.4, 0.5) is 5.69 Å². The highest BCUT2D eigenvalue weighted by Crippen LogP contribution is 2.14. The number of nitrogens with one attached hydrogen (secondary N) is 2. The summed E-state index contributed by atoms with van der Waals surface area (Å²) in [6.07, 6.45) is 0.476. The number of nitrogens with two attached hydrogens (primary N) is 1.